The average Bonchev–Trinajstić information content (AvgIpc) is 2.42. The lowest BCUT2D eigenvalue weighted by atomic mass is 10.1. The largest absolute Gasteiger partial charge is 0.384 e. The first-order valence-corrected chi connectivity index (χ1v) is 8.47. The zero-order valence-electron chi connectivity index (χ0n) is 12.0. The van der Waals surface area contributed by atoms with Gasteiger partial charge in [0.2, 0.25) is 0 Å². The lowest BCUT2D eigenvalue weighted by Gasteiger charge is -2.19. The highest BCUT2D eigenvalue weighted by molar-refractivity contribution is 7.90. The number of amidine groups is 1. The van der Waals surface area contributed by atoms with E-state index in [0.29, 0.717) is 17.9 Å². The molecule has 1 aromatic carbocycles. The Bertz CT molecular complexity index is 787. The summed E-state index contributed by atoms with van der Waals surface area (Å²) in [7, 11) is -1.26. The molecule has 0 unspecified atom stereocenters. The van der Waals surface area contributed by atoms with Crippen molar-refractivity contribution in [1.29, 1.82) is 5.41 Å². The van der Waals surface area contributed by atoms with Crippen LogP contribution in [-0.4, -0.2) is 44.8 Å². The second kappa shape index (κ2) is 5.69. The number of para-hydroxylation sites is 1. The molecule has 0 aliphatic heterocycles. The molecule has 0 atom stereocenters. The first kappa shape index (κ1) is 15.2. The van der Waals surface area contributed by atoms with Crippen LogP contribution in [0, 0.1) is 5.41 Å². The third-order valence-electron chi connectivity index (χ3n) is 3.18. The van der Waals surface area contributed by atoms with Crippen molar-refractivity contribution in [2.75, 3.05) is 30.5 Å². The van der Waals surface area contributed by atoms with Crippen LogP contribution in [0.1, 0.15) is 5.56 Å². The predicted octanol–water partition coefficient (Wildman–Crippen LogP) is 1.000. The Kier molecular flexibility index (Phi) is 4.13. The Morgan fingerprint density at radius 2 is 2.05 bits per heavy atom. The van der Waals surface area contributed by atoms with Crippen LogP contribution in [0.25, 0.3) is 10.9 Å². The van der Waals surface area contributed by atoms with E-state index in [2.05, 4.69) is 4.98 Å². The summed E-state index contributed by atoms with van der Waals surface area (Å²) in [6.07, 6.45) is 1.20. The van der Waals surface area contributed by atoms with Crippen molar-refractivity contribution in [1.82, 2.24) is 4.98 Å². The predicted molar refractivity (Wildman–Crippen MR) is 85.7 cm³/mol. The molecule has 0 saturated carbocycles. The van der Waals surface area contributed by atoms with Gasteiger partial charge in [0.15, 0.2) is 0 Å². The highest BCUT2D eigenvalue weighted by Crippen LogP contribution is 2.22. The van der Waals surface area contributed by atoms with E-state index in [9.17, 15) is 8.42 Å². The van der Waals surface area contributed by atoms with E-state index in [1.54, 1.807) is 18.0 Å². The molecule has 6 nitrogen and oxygen atoms in total. The van der Waals surface area contributed by atoms with Gasteiger partial charge in [0.1, 0.15) is 21.5 Å². The van der Waals surface area contributed by atoms with Gasteiger partial charge in [-0.05, 0) is 12.1 Å². The smallest absolute Gasteiger partial charge is 0.149 e. The molecule has 2 rings (SSSR count). The summed E-state index contributed by atoms with van der Waals surface area (Å²) in [4.78, 5) is 6.25. The third-order valence-corrected chi connectivity index (χ3v) is 4.11. The molecule has 1 heterocycles. The summed E-state index contributed by atoms with van der Waals surface area (Å²) in [6, 6.07) is 9.14. The summed E-state index contributed by atoms with van der Waals surface area (Å²) in [6.45, 7) is 0.335. The van der Waals surface area contributed by atoms with Gasteiger partial charge >= 0.3 is 0 Å². The lowest BCUT2D eigenvalue weighted by Crippen LogP contribution is -2.26. The molecule has 0 amide bonds. The van der Waals surface area contributed by atoms with Crippen LogP contribution in [0.2, 0.25) is 0 Å². The van der Waals surface area contributed by atoms with Crippen LogP contribution < -0.4 is 10.6 Å². The normalized spacial score (nSPS) is 11.5. The number of nitrogens with two attached hydrogens (primary N) is 1. The molecule has 0 bridgehead atoms. The molecule has 2 aromatic rings. The minimum absolute atomic E-state index is 0.0358. The number of sulfone groups is 1. The minimum atomic E-state index is -3.03. The van der Waals surface area contributed by atoms with Gasteiger partial charge in [0.25, 0.3) is 0 Å². The van der Waals surface area contributed by atoms with Gasteiger partial charge in [0, 0.05) is 30.8 Å². The summed E-state index contributed by atoms with van der Waals surface area (Å²) < 4.78 is 22.5. The number of benzene rings is 1. The Hall–Kier alpha value is -2.15. The molecule has 1 aromatic heterocycles. The number of hydrogen-bond acceptors (Lipinski definition) is 5. The van der Waals surface area contributed by atoms with E-state index in [1.165, 1.54) is 6.26 Å². The zero-order chi connectivity index (χ0) is 15.6. The molecule has 0 aliphatic carbocycles. The van der Waals surface area contributed by atoms with Crippen LogP contribution in [0.5, 0.6) is 0 Å². The number of nitrogens with one attached hydrogen (secondary N) is 1. The fourth-order valence-corrected chi connectivity index (χ4v) is 2.60. The number of aromatic nitrogens is 1. The summed E-state index contributed by atoms with van der Waals surface area (Å²) in [5.41, 5.74) is 6.96. The maximum Gasteiger partial charge on any atom is 0.149 e. The van der Waals surface area contributed by atoms with E-state index < -0.39 is 9.84 Å². The second-order valence-electron chi connectivity index (χ2n) is 5.01. The lowest BCUT2D eigenvalue weighted by molar-refractivity contribution is 0.601. The van der Waals surface area contributed by atoms with Crippen molar-refractivity contribution < 1.29 is 8.42 Å². The van der Waals surface area contributed by atoms with Gasteiger partial charge < -0.3 is 10.6 Å². The van der Waals surface area contributed by atoms with E-state index >= 15 is 0 Å². The van der Waals surface area contributed by atoms with Gasteiger partial charge in [-0.2, -0.15) is 0 Å². The molecule has 0 radical (unpaired) electrons. The number of anilines is 1. The van der Waals surface area contributed by atoms with Gasteiger partial charge in [0.05, 0.1) is 11.3 Å². The second-order valence-corrected chi connectivity index (χ2v) is 7.27. The van der Waals surface area contributed by atoms with Gasteiger partial charge in [-0.3, -0.25) is 5.41 Å². The van der Waals surface area contributed by atoms with Gasteiger partial charge in [-0.25, -0.2) is 13.4 Å². The number of fused-ring (bicyclic) bond motifs is 1. The molecule has 112 valence electrons. The third kappa shape index (κ3) is 3.69. The molecule has 7 heteroatoms. The average molecular weight is 306 g/mol. The van der Waals surface area contributed by atoms with Crippen molar-refractivity contribution in [3.05, 3.63) is 35.9 Å². The molecule has 0 saturated heterocycles. The quantitative estimate of drug-likeness (QED) is 0.634. The number of pyridine rings is 1. The molecule has 0 aliphatic rings. The highest BCUT2D eigenvalue weighted by atomic mass is 32.2. The van der Waals surface area contributed by atoms with Crippen LogP contribution in [0.4, 0.5) is 5.82 Å². The molecular weight excluding hydrogens is 288 g/mol. The SMILES string of the molecule is CN(CCS(C)(=O)=O)c1cc(C(=N)N)c2ccccc2n1. The molecule has 0 fully saturated rings. The van der Waals surface area contributed by atoms with Crippen molar-refractivity contribution in [3.8, 4) is 0 Å². The molecular formula is C14H18N4O2S. The van der Waals surface area contributed by atoms with Crippen molar-refractivity contribution in [2.45, 2.75) is 0 Å². The first-order valence-electron chi connectivity index (χ1n) is 6.41. The minimum Gasteiger partial charge on any atom is -0.384 e. The molecule has 0 spiro atoms. The fourth-order valence-electron chi connectivity index (χ4n) is 2.00. The van der Waals surface area contributed by atoms with Crippen molar-refractivity contribution in [3.63, 3.8) is 0 Å². The van der Waals surface area contributed by atoms with Crippen molar-refractivity contribution >= 4 is 32.4 Å². The maximum absolute atomic E-state index is 11.3. The van der Waals surface area contributed by atoms with E-state index in [4.69, 9.17) is 11.1 Å². The van der Waals surface area contributed by atoms with E-state index in [1.807, 2.05) is 24.3 Å². The van der Waals surface area contributed by atoms with Gasteiger partial charge in [-0.1, -0.05) is 18.2 Å². The van der Waals surface area contributed by atoms with Crippen molar-refractivity contribution in [2.24, 2.45) is 5.73 Å². The Labute approximate surface area is 124 Å². The Balaban J connectivity index is 2.43. The van der Waals surface area contributed by atoms with Gasteiger partial charge in [-0.15, -0.1) is 0 Å². The van der Waals surface area contributed by atoms with Crippen LogP contribution in [0.3, 0.4) is 0 Å². The van der Waals surface area contributed by atoms with E-state index in [-0.39, 0.29) is 11.6 Å². The molecule has 3 N–H and O–H groups in total. The Morgan fingerprint density at radius 1 is 1.38 bits per heavy atom. The monoisotopic (exact) mass is 306 g/mol. The summed E-state index contributed by atoms with van der Waals surface area (Å²) >= 11 is 0. The number of rotatable bonds is 5. The summed E-state index contributed by atoms with van der Waals surface area (Å²) in [5, 5.41) is 8.50. The summed E-state index contributed by atoms with van der Waals surface area (Å²) in [5.74, 6) is 0.613. The highest BCUT2D eigenvalue weighted by Gasteiger charge is 2.12. The van der Waals surface area contributed by atoms with Crippen LogP contribution in [0.15, 0.2) is 30.3 Å². The zero-order valence-corrected chi connectivity index (χ0v) is 12.8. The number of nitrogen functional groups attached to an aromatic ring is 1. The topological polar surface area (TPSA) is 100 Å². The maximum atomic E-state index is 11.3. The first-order chi connectivity index (χ1) is 9.78. The Morgan fingerprint density at radius 3 is 2.67 bits per heavy atom. The van der Waals surface area contributed by atoms with Crippen LogP contribution in [-0.2, 0) is 9.84 Å². The molecule has 21 heavy (non-hydrogen) atoms. The standard InChI is InChI=1S/C14H18N4O2S/c1-18(7-8-21(2,19)20)13-9-11(14(15)16)10-5-3-4-6-12(10)17-13/h3-6,9H,7-8H2,1-2H3,(H3,15,16). The number of nitrogens with zero attached hydrogens (tertiary/aromatic N) is 2. The fraction of sp³-hybridized carbons (Fsp3) is 0.286. The van der Waals surface area contributed by atoms with Crippen LogP contribution >= 0.6 is 0 Å². The number of hydrogen-bond donors (Lipinski definition) is 2. The van der Waals surface area contributed by atoms with E-state index in [0.717, 1.165) is 10.9 Å².